The smallest absolute Gasteiger partial charge is 0.273 e. The van der Waals surface area contributed by atoms with E-state index in [1.54, 1.807) is 30.3 Å². The lowest BCUT2D eigenvalue weighted by Gasteiger charge is -2.27. The number of nitro groups is 1. The predicted octanol–water partition coefficient (Wildman–Crippen LogP) is 3.06. The van der Waals surface area contributed by atoms with Gasteiger partial charge in [0.05, 0.1) is 29.2 Å². The molecule has 1 amide bonds. The van der Waals surface area contributed by atoms with Gasteiger partial charge in [0.2, 0.25) is 5.91 Å². The Balaban J connectivity index is 1.55. The zero-order valence-electron chi connectivity index (χ0n) is 20.1. The van der Waals surface area contributed by atoms with Crippen molar-refractivity contribution >= 4 is 27.3 Å². The van der Waals surface area contributed by atoms with E-state index < -0.39 is 33.5 Å². The highest BCUT2D eigenvalue weighted by Gasteiger charge is 2.30. The van der Waals surface area contributed by atoms with Gasteiger partial charge in [-0.2, -0.15) is 0 Å². The van der Waals surface area contributed by atoms with Gasteiger partial charge in [-0.25, -0.2) is 8.42 Å². The number of hydrogen-bond acceptors (Lipinski definition) is 8. The molecule has 1 heterocycles. The van der Waals surface area contributed by atoms with Crippen LogP contribution in [0.25, 0.3) is 0 Å². The summed E-state index contributed by atoms with van der Waals surface area (Å²) in [5.41, 5.74) is 0.161. The first-order valence-corrected chi connectivity index (χ1v) is 12.7. The third-order valence-electron chi connectivity index (χ3n) is 5.71. The molecule has 1 N–H and O–H groups in total. The Labute approximate surface area is 213 Å². The van der Waals surface area contributed by atoms with Crippen LogP contribution in [0.2, 0.25) is 0 Å². The number of ether oxygens (including phenoxy) is 3. The normalized spacial score (nSPS) is 14.5. The summed E-state index contributed by atoms with van der Waals surface area (Å²) >= 11 is 0. The number of para-hydroxylation sites is 2. The largest absolute Gasteiger partial charge is 0.497 e. The number of hydrogen-bond donors (Lipinski definition) is 1. The number of nitrogens with zero attached hydrogens (tertiary/aromatic N) is 2. The van der Waals surface area contributed by atoms with Crippen molar-refractivity contribution in [1.82, 2.24) is 5.32 Å². The lowest BCUT2D eigenvalue weighted by molar-refractivity contribution is -0.385. The third kappa shape index (κ3) is 5.75. The van der Waals surface area contributed by atoms with Crippen molar-refractivity contribution in [1.29, 1.82) is 0 Å². The number of nitro benzene ring substituents is 1. The van der Waals surface area contributed by atoms with Crippen molar-refractivity contribution in [3.05, 3.63) is 82.4 Å². The van der Waals surface area contributed by atoms with Gasteiger partial charge in [-0.15, -0.1) is 0 Å². The fraction of sp³-hybridized carbons (Fsp3) is 0.240. The number of nitrogens with one attached hydrogen (secondary N) is 1. The van der Waals surface area contributed by atoms with Crippen molar-refractivity contribution in [2.75, 3.05) is 31.1 Å². The Morgan fingerprint density at radius 3 is 2.51 bits per heavy atom. The lowest BCUT2D eigenvalue weighted by atomic mass is 10.2. The minimum absolute atomic E-state index is 0.0830. The molecule has 4 rings (SSSR count). The number of aryl methyl sites for hydroxylation is 1. The summed E-state index contributed by atoms with van der Waals surface area (Å²) in [6.45, 7) is 1.24. The number of anilines is 1. The Kier molecular flexibility index (Phi) is 7.48. The number of amides is 1. The van der Waals surface area contributed by atoms with Crippen LogP contribution in [0.15, 0.2) is 71.6 Å². The quantitative estimate of drug-likeness (QED) is 0.331. The van der Waals surface area contributed by atoms with Gasteiger partial charge in [-0.05, 0) is 49.4 Å². The molecule has 0 spiro atoms. The first-order chi connectivity index (χ1) is 17.7. The van der Waals surface area contributed by atoms with Crippen LogP contribution in [-0.4, -0.2) is 52.2 Å². The molecule has 3 aromatic carbocycles. The topological polar surface area (TPSA) is 137 Å². The molecule has 0 unspecified atom stereocenters. The van der Waals surface area contributed by atoms with Crippen LogP contribution >= 0.6 is 0 Å². The molecule has 3 aromatic rings. The van der Waals surface area contributed by atoms with Gasteiger partial charge >= 0.3 is 0 Å². The summed E-state index contributed by atoms with van der Waals surface area (Å²) in [5, 5.41) is 14.1. The van der Waals surface area contributed by atoms with E-state index in [0.29, 0.717) is 22.8 Å². The Bertz CT molecular complexity index is 1410. The number of fused-ring (bicyclic) bond motifs is 1. The molecule has 0 aromatic heterocycles. The van der Waals surface area contributed by atoms with E-state index in [4.69, 9.17) is 14.2 Å². The maximum Gasteiger partial charge on any atom is 0.273 e. The third-order valence-corrected chi connectivity index (χ3v) is 7.48. The number of sulfonamides is 1. The van der Waals surface area contributed by atoms with E-state index in [2.05, 4.69) is 5.32 Å². The molecule has 1 atom stereocenters. The highest BCUT2D eigenvalue weighted by Crippen LogP contribution is 2.31. The van der Waals surface area contributed by atoms with E-state index in [-0.39, 0.29) is 29.4 Å². The van der Waals surface area contributed by atoms with Crippen LogP contribution in [0.5, 0.6) is 17.2 Å². The second kappa shape index (κ2) is 10.7. The summed E-state index contributed by atoms with van der Waals surface area (Å²) in [6.07, 6.45) is -0.468. The Hall–Kier alpha value is -4.32. The number of carbonyl (C=O) groups excluding carboxylic acids is 1. The zero-order valence-corrected chi connectivity index (χ0v) is 20.9. The standard InChI is InChI=1S/C25H25N3O8S/c1-17-7-12-21(13-22(17)28(30)31)37(32,33)27(18-8-10-19(34-2)11-9-18)15-25(29)26-14-20-16-35-23-5-3-4-6-24(23)36-20/h3-13,20H,14-16H2,1-2H3,(H,26,29)/t20-/m0/s1. The SMILES string of the molecule is COc1ccc(N(CC(=O)NC[C@H]2COc3ccccc3O2)S(=O)(=O)c2ccc(C)c([N+](=O)[O-])c2)cc1. The molecule has 1 aliphatic rings. The minimum Gasteiger partial charge on any atom is -0.497 e. The summed E-state index contributed by atoms with van der Waals surface area (Å²) in [6, 6.07) is 16.9. The van der Waals surface area contributed by atoms with Crippen molar-refractivity contribution in [3.63, 3.8) is 0 Å². The predicted molar refractivity (Wildman–Crippen MR) is 135 cm³/mol. The van der Waals surface area contributed by atoms with Gasteiger partial charge in [-0.3, -0.25) is 19.2 Å². The van der Waals surface area contributed by atoms with E-state index in [9.17, 15) is 23.3 Å². The molecule has 37 heavy (non-hydrogen) atoms. The van der Waals surface area contributed by atoms with Gasteiger partial charge < -0.3 is 19.5 Å². The van der Waals surface area contributed by atoms with Crippen molar-refractivity contribution < 1.29 is 32.3 Å². The Morgan fingerprint density at radius 2 is 1.84 bits per heavy atom. The van der Waals surface area contributed by atoms with Gasteiger partial charge in [-0.1, -0.05) is 18.2 Å². The van der Waals surface area contributed by atoms with Crippen LogP contribution in [0.4, 0.5) is 11.4 Å². The van der Waals surface area contributed by atoms with Gasteiger partial charge in [0, 0.05) is 11.6 Å². The molecule has 0 radical (unpaired) electrons. The summed E-state index contributed by atoms with van der Waals surface area (Å²) in [7, 11) is -2.88. The van der Waals surface area contributed by atoms with Crippen molar-refractivity contribution in [3.8, 4) is 17.2 Å². The second-order valence-corrected chi connectivity index (χ2v) is 10.1. The molecule has 0 aliphatic carbocycles. The van der Waals surface area contributed by atoms with Gasteiger partial charge in [0.25, 0.3) is 15.7 Å². The highest BCUT2D eigenvalue weighted by atomic mass is 32.2. The average Bonchev–Trinajstić information content (AvgIpc) is 2.90. The molecule has 12 heteroatoms. The van der Waals surface area contributed by atoms with Crippen LogP contribution < -0.4 is 23.8 Å². The van der Waals surface area contributed by atoms with E-state index in [0.717, 1.165) is 10.4 Å². The lowest BCUT2D eigenvalue weighted by Crippen LogP contribution is -2.45. The van der Waals surface area contributed by atoms with Crippen molar-refractivity contribution in [2.45, 2.75) is 17.9 Å². The van der Waals surface area contributed by atoms with Crippen LogP contribution in [0.3, 0.4) is 0 Å². The molecule has 11 nitrogen and oxygen atoms in total. The maximum atomic E-state index is 13.6. The molecule has 194 valence electrons. The highest BCUT2D eigenvalue weighted by molar-refractivity contribution is 7.92. The molecule has 0 bridgehead atoms. The molecule has 0 fully saturated rings. The van der Waals surface area contributed by atoms with Gasteiger partial charge in [0.15, 0.2) is 11.5 Å². The fourth-order valence-electron chi connectivity index (χ4n) is 3.71. The number of rotatable bonds is 9. The number of methoxy groups -OCH3 is 1. The van der Waals surface area contributed by atoms with E-state index >= 15 is 0 Å². The molecule has 0 saturated carbocycles. The molecular weight excluding hydrogens is 502 g/mol. The molecule has 0 saturated heterocycles. The molecular formula is C25H25N3O8S. The second-order valence-electron chi connectivity index (χ2n) is 8.22. The monoisotopic (exact) mass is 527 g/mol. The zero-order chi connectivity index (χ0) is 26.6. The minimum atomic E-state index is -4.35. The van der Waals surface area contributed by atoms with E-state index in [1.807, 2.05) is 6.07 Å². The number of carbonyl (C=O) groups is 1. The molecule has 1 aliphatic heterocycles. The van der Waals surface area contributed by atoms with E-state index in [1.165, 1.54) is 38.3 Å². The van der Waals surface area contributed by atoms with Crippen LogP contribution in [-0.2, 0) is 14.8 Å². The van der Waals surface area contributed by atoms with Crippen LogP contribution in [0, 0.1) is 17.0 Å². The Morgan fingerprint density at radius 1 is 1.14 bits per heavy atom. The maximum absolute atomic E-state index is 13.6. The van der Waals surface area contributed by atoms with Gasteiger partial charge in [0.1, 0.15) is 25.0 Å². The first-order valence-electron chi connectivity index (χ1n) is 11.3. The first kappa shape index (κ1) is 25.8. The van der Waals surface area contributed by atoms with Crippen molar-refractivity contribution in [2.24, 2.45) is 0 Å². The summed E-state index contributed by atoms with van der Waals surface area (Å²) < 4.78 is 44.7. The summed E-state index contributed by atoms with van der Waals surface area (Å²) in [4.78, 5) is 23.3. The average molecular weight is 528 g/mol. The van der Waals surface area contributed by atoms with Crippen LogP contribution in [0.1, 0.15) is 5.56 Å². The summed E-state index contributed by atoms with van der Waals surface area (Å²) in [5.74, 6) is 1.06. The fourth-order valence-corrected chi connectivity index (χ4v) is 5.16. The number of benzene rings is 3.